The average molecular weight is 624 g/mol. The summed E-state index contributed by atoms with van der Waals surface area (Å²) in [6, 6.07) is 7.04. The fourth-order valence-corrected chi connectivity index (χ4v) is 6.34. The first-order valence-electron chi connectivity index (χ1n) is 15.5. The molecule has 1 saturated carbocycles. The van der Waals surface area contributed by atoms with Crippen LogP contribution in [0, 0.1) is 11.8 Å². The molecule has 2 N–H and O–H groups in total. The van der Waals surface area contributed by atoms with E-state index in [1.807, 2.05) is 42.0 Å². The van der Waals surface area contributed by atoms with E-state index in [2.05, 4.69) is 31.4 Å². The van der Waals surface area contributed by atoms with E-state index in [0.29, 0.717) is 31.2 Å². The lowest BCUT2D eigenvalue weighted by Gasteiger charge is -2.30. The number of unbranched alkanes of at least 4 members (excludes halogenated alkanes) is 1. The number of thiol groups is 1. The van der Waals surface area contributed by atoms with Crippen LogP contribution in [-0.2, 0) is 18.3 Å². The third kappa shape index (κ3) is 8.37. The zero-order valence-corrected chi connectivity index (χ0v) is 26.5. The Morgan fingerprint density at radius 1 is 1.23 bits per heavy atom. The van der Waals surface area contributed by atoms with Crippen LogP contribution in [0.15, 0.2) is 60.1 Å². The van der Waals surface area contributed by atoms with Gasteiger partial charge in [0.2, 0.25) is 5.92 Å². The fourth-order valence-electron chi connectivity index (χ4n) is 6.16. The second-order valence-corrected chi connectivity index (χ2v) is 12.2. The Kier molecular flexibility index (Phi) is 11.4. The maximum Gasteiger partial charge on any atom is 0.303 e. The van der Waals surface area contributed by atoms with Crippen molar-refractivity contribution >= 4 is 36.2 Å². The van der Waals surface area contributed by atoms with Crippen LogP contribution in [0.3, 0.4) is 0 Å². The first kappa shape index (κ1) is 33.4. The van der Waals surface area contributed by atoms with Crippen LogP contribution in [0.1, 0.15) is 104 Å². The second kappa shape index (κ2) is 15.0. The van der Waals surface area contributed by atoms with Gasteiger partial charge in [0, 0.05) is 37.6 Å². The van der Waals surface area contributed by atoms with E-state index in [1.54, 1.807) is 23.6 Å². The van der Waals surface area contributed by atoms with Crippen molar-refractivity contribution in [2.45, 2.75) is 83.1 Å². The molecule has 9 heteroatoms. The minimum absolute atomic E-state index is 0.0248. The van der Waals surface area contributed by atoms with Crippen molar-refractivity contribution in [1.82, 2.24) is 14.9 Å². The first-order valence-corrected chi connectivity index (χ1v) is 16.0. The molecule has 0 bridgehead atoms. The molecule has 0 aliphatic heterocycles. The van der Waals surface area contributed by atoms with Gasteiger partial charge < -0.3 is 15.0 Å². The van der Waals surface area contributed by atoms with Gasteiger partial charge in [-0.05, 0) is 84.3 Å². The fraction of sp³-hybridized carbons (Fsp3) is 0.457. The number of hydrogen-bond acceptors (Lipinski definition) is 4. The van der Waals surface area contributed by atoms with Crippen LogP contribution in [0.25, 0.3) is 11.6 Å². The van der Waals surface area contributed by atoms with Crippen LogP contribution >= 0.6 is 12.6 Å². The highest BCUT2D eigenvalue weighted by Crippen LogP contribution is 2.42. The molecule has 2 unspecified atom stereocenters. The normalized spacial score (nSPS) is 19.3. The molecule has 2 aromatic rings. The van der Waals surface area contributed by atoms with Crippen molar-refractivity contribution < 1.29 is 23.5 Å². The van der Waals surface area contributed by atoms with Crippen LogP contribution in [0.4, 0.5) is 8.78 Å². The van der Waals surface area contributed by atoms with Crippen LogP contribution in [0.2, 0.25) is 0 Å². The number of carbonyl (C=O) groups is 2. The minimum atomic E-state index is -2.62. The van der Waals surface area contributed by atoms with E-state index < -0.39 is 11.9 Å². The van der Waals surface area contributed by atoms with E-state index in [4.69, 9.17) is 10.1 Å². The number of carboxylic acids is 1. The maximum atomic E-state index is 13.9. The molecule has 6 nitrogen and oxygen atoms in total. The Bertz CT molecular complexity index is 1430. The number of rotatable bonds is 13. The summed E-state index contributed by atoms with van der Waals surface area (Å²) < 4.78 is 29.9. The van der Waals surface area contributed by atoms with Crippen molar-refractivity contribution in [3.05, 3.63) is 88.4 Å². The number of allylic oxidation sites excluding steroid dienone is 5. The number of nitrogens with zero attached hydrogens (tertiary/aromatic N) is 2. The largest absolute Gasteiger partial charge is 0.481 e. The van der Waals surface area contributed by atoms with E-state index in [0.717, 1.165) is 53.2 Å². The summed E-state index contributed by atoms with van der Waals surface area (Å²) in [5.74, 6) is -2.73. The minimum Gasteiger partial charge on any atom is -0.481 e. The molecular formula is C35H43F2N3O3S. The SMILES string of the molecule is C=CC(=C\S)/C=C(/c1ccc(C(=O)NC(CCCC)c2nc3c(n2C)CC(CCC(=O)O)C=C3)cc1)C1CCC(F)(F)CC1. The third-order valence-electron chi connectivity index (χ3n) is 8.80. The summed E-state index contributed by atoms with van der Waals surface area (Å²) in [6.45, 7) is 5.94. The summed E-state index contributed by atoms with van der Waals surface area (Å²) in [5, 5.41) is 13.9. The number of benzene rings is 1. The van der Waals surface area contributed by atoms with Gasteiger partial charge in [0.05, 0.1) is 11.7 Å². The number of fused-ring (bicyclic) bond motifs is 1. The predicted octanol–water partition coefficient (Wildman–Crippen LogP) is 8.34. The predicted molar refractivity (Wildman–Crippen MR) is 175 cm³/mol. The number of alkyl halides is 2. The van der Waals surface area contributed by atoms with Crippen LogP contribution in [0.5, 0.6) is 0 Å². The van der Waals surface area contributed by atoms with Crippen molar-refractivity contribution in [2.24, 2.45) is 18.9 Å². The number of carbonyl (C=O) groups excluding carboxylic acids is 1. The summed E-state index contributed by atoms with van der Waals surface area (Å²) in [6.07, 6.45) is 12.2. The van der Waals surface area contributed by atoms with Gasteiger partial charge in [-0.1, -0.05) is 56.7 Å². The summed E-state index contributed by atoms with van der Waals surface area (Å²) in [4.78, 5) is 29.5. The number of halogens is 2. The highest BCUT2D eigenvalue weighted by molar-refractivity contribution is 7.83. The average Bonchev–Trinajstić information content (AvgIpc) is 3.34. The number of aliphatic carboxylic acids is 1. The Hall–Kier alpha value is -3.46. The highest BCUT2D eigenvalue weighted by atomic mass is 32.1. The Morgan fingerprint density at radius 3 is 2.52 bits per heavy atom. The molecule has 1 amide bonds. The Labute approximate surface area is 264 Å². The van der Waals surface area contributed by atoms with Gasteiger partial charge in [0.25, 0.3) is 5.91 Å². The third-order valence-corrected chi connectivity index (χ3v) is 9.10. The van der Waals surface area contributed by atoms with Gasteiger partial charge in [-0.15, -0.1) is 0 Å². The first-order chi connectivity index (χ1) is 21.0. The number of aromatic nitrogens is 2. The number of nitrogens with one attached hydrogen (secondary N) is 1. The molecule has 2 aliphatic carbocycles. The highest BCUT2D eigenvalue weighted by Gasteiger charge is 2.36. The molecule has 236 valence electrons. The topological polar surface area (TPSA) is 84.2 Å². The van der Waals surface area contributed by atoms with Gasteiger partial charge in [0.1, 0.15) is 5.82 Å². The Balaban J connectivity index is 1.53. The van der Waals surface area contributed by atoms with Gasteiger partial charge in [-0.25, -0.2) is 13.8 Å². The van der Waals surface area contributed by atoms with Crippen molar-refractivity contribution in [3.63, 3.8) is 0 Å². The molecule has 0 saturated heterocycles. The molecule has 44 heavy (non-hydrogen) atoms. The van der Waals surface area contributed by atoms with Crippen molar-refractivity contribution in [3.8, 4) is 0 Å². The molecule has 4 rings (SSSR count). The van der Waals surface area contributed by atoms with Crippen LogP contribution in [-0.4, -0.2) is 32.5 Å². The number of hydrogen-bond donors (Lipinski definition) is 3. The lowest BCUT2D eigenvalue weighted by Crippen LogP contribution is -2.30. The van der Waals surface area contributed by atoms with Crippen molar-refractivity contribution in [2.75, 3.05) is 0 Å². The van der Waals surface area contributed by atoms with E-state index in [1.165, 1.54) is 0 Å². The van der Waals surface area contributed by atoms with E-state index in [9.17, 15) is 18.4 Å². The summed E-state index contributed by atoms with van der Waals surface area (Å²) >= 11 is 4.27. The molecule has 1 fully saturated rings. The lowest BCUT2D eigenvalue weighted by atomic mass is 9.78. The van der Waals surface area contributed by atoms with Gasteiger partial charge >= 0.3 is 5.97 Å². The standard InChI is InChI=1S/C35H43F2N3O3S/c1-4-6-7-30(33-38-29-14-8-24(9-15-32(41)42)21-31(29)40(33)3)39-34(43)27-12-10-25(11-13-27)28(20-23(5-2)22-44)26-16-18-35(36,37)19-17-26/h5,8,10-14,20,22,24,26,30,44H,2,4,6-7,9,15-19,21H2,1,3H3,(H,39,43)(H,41,42)/b23-22+,28-20-. The lowest BCUT2D eigenvalue weighted by molar-refractivity contribution is -0.137. The van der Waals surface area contributed by atoms with E-state index >= 15 is 0 Å². The molecule has 0 radical (unpaired) electrons. The van der Waals surface area contributed by atoms with Gasteiger partial charge in [-0.2, -0.15) is 12.6 Å². The molecule has 0 spiro atoms. The zero-order valence-electron chi connectivity index (χ0n) is 25.6. The maximum absolute atomic E-state index is 13.9. The van der Waals surface area contributed by atoms with E-state index in [-0.39, 0.29) is 43.0 Å². The van der Waals surface area contributed by atoms with Gasteiger partial charge in [0.15, 0.2) is 0 Å². The smallest absolute Gasteiger partial charge is 0.303 e. The quantitative estimate of drug-likeness (QED) is 0.155. The van der Waals surface area contributed by atoms with Gasteiger partial charge in [-0.3, -0.25) is 9.59 Å². The molecule has 2 aliphatic rings. The van der Waals surface area contributed by atoms with Crippen LogP contribution < -0.4 is 5.32 Å². The monoisotopic (exact) mass is 623 g/mol. The molecule has 2 atom stereocenters. The molecule has 1 aromatic heterocycles. The number of carboxylic acid groups (broad SMARTS) is 1. The summed E-state index contributed by atoms with van der Waals surface area (Å²) in [5.41, 5.74) is 5.04. The second-order valence-electron chi connectivity index (χ2n) is 11.9. The molecular weight excluding hydrogens is 580 g/mol. The van der Waals surface area contributed by atoms with Crippen molar-refractivity contribution in [1.29, 1.82) is 0 Å². The molecule has 1 heterocycles. The number of imidazole rings is 1. The number of amides is 1. The summed E-state index contributed by atoms with van der Waals surface area (Å²) in [7, 11) is 1.96. The molecule has 1 aromatic carbocycles. The zero-order chi connectivity index (χ0) is 31.9. The Morgan fingerprint density at radius 2 is 1.91 bits per heavy atom.